The van der Waals surface area contributed by atoms with Gasteiger partial charge in [0.1, 0.15) is 11.5 Å². The van der Waals surface area contributed by atoms with Gasteiger partial charge in [-0.15, -0.1) is 0 Å². The Morgan fingerprint density at radius 2 is 2.04 bits per heavy atom. The number of hydrogen-bond donors (Lipinski definition) is 3. The molecule has 1 aliphatic rings. The second-order valence-corrected chi connectivity index (χ2v) is 5.73. The lowest BCUT2D eigenvalue weighted by Crippen LogP contribution is -2.01. The summed E-state index contributed by atoms with van der Waals surface area (Å²) < 4.78 is 2.25. The molecule has 3 N–H and O–H groups in total. The fraction of sp³-hybridized carbons (Fsp3) is 0.0588. The van der Waals surface area contributed by atoms with Crippen molar-refractivity contribution in [1.82, 2.24) is 14.8 Å². The molecule has 4 rings (SSSR count). The summed E-state index contributed by atoms with van der Waals surface area (Å²) in [5.41, 5.74) is 3.74. The van der Waals surface area contributed by atoms with Gasteiger partial charge < -0.3 is 10.2 Å². The Morgan fingerprint density at radius 1 is 1.17 bits per heavy atom. The van der Waals surface area contributed by atoms with Crippen LogP contribution < -0.4 is 0 Å². The van der Waals surface area contributed by atoms with E-state index in [9.17, 15) is 10.2 Å². The smallest absolute Gasteiger partial charge is 0.200 e. The van der Waals surface area contributed by atoms with Crippen molar-refractivity contribution in [2.24, 2.45) is 0 Å². The molecule has 0 spiro atoms. The lowest BCUT2D eigenvalue weighted by molar-refractivity contribution is 0.451. The molecule has 0 atom stereocenters. The zero-order valence-corrected chi connectivity index (χ0v) is 12.8. The van der Waals surface area contributed by atoms with Gasteiger partial charge in [0.2, 0.25) is 0 Å². The predicted molar refractivity (Wildman–Crippen MR) is 90.3 cm³/mol. The Bertz CT molecular complexity index is 1000. The number of nitrogens with zero attached hydrogens (tertiary/aromatic N) is 2. The number of benzene rings is 2. The maximum absolute atomic E-state index is 10.1. The highest BCUT2D eigenvalue weighted by Crippen LogP contribution is 2.34. The second-order valence-electron chi connectivity index (χ2n) is 5.35. The van der Waals surface area contributed by atoms with Crippen LogP contribution in [0.25, 0.3) is 23.2 Å². The molecule has 0 bridgehead atoms. The Labute approximate surface area is 137 Å². The molecule has 2 aromatic carbocycles. The first-order valence-electron chi connectivity index (χ1n) is 7.14. The summed E-state index contributed by atoms with van der Waals surface area (Å²) in [6.07, 6.45) is 5.07. The second kappa shape index (κ2) is 5.10. The van der Waals surface area contributed by atoms with Gasteiger partial charge in [-0.2, -0.15) is 5.10 Å². The first kappa shape index (κ1) is 13.8. The van der Waals surface area contributed by atoms with E-state index < -0.39 is 0 Å². The van der Waals surface area contributed by atoms with Crippen molar-refractivity contribution in [2.45, 2.75) is 6.42 Å². The van der Waals surface area contributed by atoms with Crippen molar-refractivity contribution >= 4 is 18.3 Å². The van der Waals surface area contributed by atoms with Crippen molar-refractivity contribution in [3.8, 4) is 28.6 Å². The first-order valence-corrected chi connectivity index (χ1v) is 7.54. The van der Waals surface area contributed by atoms with E-state index >= 15 is 0 Å². The topological polar surface area (TPSA) is 74.1 Å². The molecule has 0 amide bonds. The molecule has 0 saturated heterocycles. The van der Waals surface area contributed by atoms with E-state index in [1.54, 1.807) is 10.6 Å². The molecule has 6 heteroatoms. The summed E-state index contributed by atoms with van der Waals surface area (Å²) in [6, 6.07) is 10.4. The minimum atomic E-state index is -0.0524. The van der Waals surface area contributed by atoms with Gasteiger partial charge in [-0.05, 0) is 42.4 Å². The highest BCUT2D eigenvalue weighted by molar-refractivity contribution is 7.71. The van der Waals surface area contributed by atoms with E-state index in [1.165, 1.54) is 17.7 Å². The van der Waals surface area contributed by atoms with Gasteiger partial charge >= 0.3 is 0 Å². The standard InChI is InChI=1S/C17H13N3O2S/c21-11-7-8-13(15(22)9-11)16-18-19-17(23)20(16)14-6-2-4-10-3-1-5-12(10)14/h1-2,4-9,21-22H,3H2,(H,19,23). The highest BCUT2D eigenvalue weighted by Gasteiger charge is 2.18. The molecule has 0 saturated carbocycles. The SMILES string of the molecule is Oc1ccc(-c2n[nH]c(=S)n2-c2cccc3c2C=CC3)c(O)c1. The molecule has 5 nitrogen and oxygen atoms in total. The molecule has 3 aromatic rings. The summed E-state index contributed by atoms with van der Waals surface area (Å²) in [7, 11) is 0. The van der Waals surface area contributed by atoms with Crippen LogP contribution in [0.3, 0.4) is 0 Å². The number of rotatable bonds is 2. The zero-order valence-electron chi connectivity index (χ0n) is 12.0. The minimum Gasteiger partial charge on any atom is -0.508 e. The average molecular weight is 323 g/mol. The summed E-state index contributed by atoms with van der Waals surface area (Å²) in [4.78, 5) is 0. The third-order valence-electron chi connectivity index (χ3n) is 3.93. The van der Waals surface area contributed by atoms with Crippen molar-refractivity contribution in [3.63, 3.8) is 0 Å². The maximum atomic E-state index is 10.1. The molecular weight excluding hydrogens is 310 g/mol. The van der Waals surface area contributed by atoms with Crippen LogP contribution in [0, 0.1) is 4.77 Å². The predicted octanol–water partition coefficient (Wildman–Crippen LogP) is 3.58. The van der Waals surface area contributed by atoms with E-state index in [1.807, 2.05) is 12.1 Å². The third-order valence-corrected chi connectivity index (χ3v) is 4.21. The minimum absolute atomic E-state index is 0.00420. The third kappa shape index (κ3) is 2.15. The summed E-state index contributed by atoms with van der Waals surface area (Å²) >= 11 is 5.38. The Hall–Kier alpha value is -2.86. The van der Waals surface area contributed by atoms with Crippen LogP contribution >= 0.6 is 12.2 Å². The van der Waals surface area contributed by atoms with Crippen LogP contribution in [0.4, 0.5) is 0 Å². The van der Waals surface area contributed by atoms with Gasteiger partial charge in [-0.25, -0.2) is 0 Å². The van der Waals surface area contributed by atoms with Crippen molar-refractivity contribution in [1.29, 1.82) is 0 Å². The highest BCUT2D eigenvalue weighted by atomic mass is 32.1. The van der Waals surface area contributed by atoms with E-state index in [0.717, 1.165) is 17.7 Å². The number of phenols is 2. The van der Waals surface area contributed by atoms with Crippen LogP contribution in [0.1, 0.15) is 11.1 Å². The molecule has 0 radical (unpaired) electrons. The largest absolute Gasteiger partial charge is 0.508 e. The quantitative estimate of drug-likeness (QED) is 0.630. The lowest BCUT2D eigenvalue weighted by Gasteiger charge is -2.12. The molecule has 23 heavy (non-hydrogen) atoms. The van der Waals surface area contributed by atoms with Crippen LogP contribution in [0.2, 0.25) is 0 Å². The Morgan fingerprint density at radius 3 is 2.87 bits per heavy atom. The molecule has 0 unspecified atom stereocenters. The summed E-state index contributed by atoms with van der Waals surface area (Å²) in [5.74, 6) is 0.444. The van der Waals surface area contributed by atoms with Crippen LogP contribution in [0.15, 0.2) is 42.5 Å². The number of hydrogen-bond acceptors (Lipinski definition) is 4. The molecule has 0 fully saturated rings. The van der Waals surface area contributed by atoms with Crippen molar-refractivity contribution < 1.29 is 10.2 Å². The van der Waals surface area contributed by atoms with Gasteiger partial charge in [-0.3, -0.25) is 9.67 Å². The molecule has 1 heterocycles. The number of aromatic hydroxyl groups is 2. The van der Waals surface area contributed by atoms with E-state index in [2.05, 4.69) is 28.4 Å². The monoisotopic (exact) mass is 323 g/mol. The Kier molecular flexibility index (Phi) is 3.06. The summed E-state index contributed by atoms with van der Waals surface area (Å²) in [5, 5.41) is 26.7. The normalized spacial score (nSPS) is 12.5. The van der Waals surface area contributed by atoms with Crippen LogP contribution in [0.5, 0.6) is 11.5 Å². The molecule has 0 aliphatic heterocycles. The fourth-order valence-electron chi connectivity index (χ4n) is 2.88. The number of nitrogens with one attached hydrogen (secondary N) is 1. The first-order chi connectivity index (χ1) is 11.1. The Balaban J connectivity index is 1.99. The average Bonchev–Trinajstić information content (AvgIpc) is 3.14. The number of fused-ring (bicyclic) bond motifs is 1. The zero-order chi connectivity index (χ0) is 16.0. The summed E-state index contributed by atoms with van der Waals surface area (Å²) in [6.45, 7) is 0. The van der Waals surface area contributed by atoms with Crippen molar-refractivity contribution in [3.05, 3.63) is 58.4 Å². The number of allylic oxidation sites excluding steroid dienone is 1. The van der Waals surface area contributed by atoms with E-state index in [4.69, 9.17) is 12.2 Å². The molecular formula is C17H13N3O2S. The molecule has 1 aromatic heterocycles. The van der Waals surface area contributed by atoms with E-state index in [0.29, 0.717) is 16.2 Å². The van der Waals surface area contributed by atoms with Gasteiger partial charge in [0.05, 0.1) is 11.3 Å². The van der Waals surface area contributed by atoms with Gasteiger partial charge in [0.15, 0.2) is 10.6 Å². The van der Waals surface area contributed by atoms with Gasteiger partial charge in [-0.1, -0.05) is 24.3 Å². The van der Waals surface area contributed by atoms with Crippen LogP contribution in [-0.4, -0.2) is 25.0 Å². The molecule has 1 aliphatic carbocycles. The van der Waals surface area contributed by atoms with Gasteiger partial charge in [0, 0.05) is 11.6 Å². The maximum Gasteiger partial charge on any atom is 0.200 e. The lowest BCUT2D eigenvalue weighted by atomic mass is 10.1. The fourth-order valence-corrected chi connectivity index (χ4v) is 3.11. The number of aromatic nitrogens is 3. The van der Waals surface area contributed by atoms with Gasteiger partial charge in [0.25, 0.3) is 0 Å². The molecule has 114 valence electrons. The number of aromatic amines is 1. The van der Waals surface area contributed by atoms with Crippen LogP contribution in [-0.2, 0) is 6.42 Å². The van der Waals surface area contributed by atoms with E-state index in [-0.39, 0.29) is 11.5 Å². The number of H-pyrrole nitrogens is 1. The van der Waals surface area contributed by atoms with Crippen molar-refractivity contribution in [2.75, 3.05) is 0 Å². The number of phenolic OH excluding ortho intramolecular Hbond substituents is 2.